The summed E-state index contributed by atoms with van der Waals surface area (Å²) in [6, 6.07) is 5.29. The SMILES string of the molecule is CN=C(NCCNC(=O)C(C)C)N1CCN(Cc2ccc(Br)c(F)c2)CC1.I. The van der Waals surface area contributed by atoms with Crippen LogP contribution in [0.2, 0.25) is 0 Å². The van der Waals surface area contributed by atoms with Crippen molar-refractivity contribution in [1.82, 2.24) is 20.4 Å². The Balaban J connectivity index is 0.00000392. The summed E-state index contributed by atoms with van der Waals surface area (Å²) in [6.07, 6.45) is 0. The molecule has 0 spiro atoms. The van der Waals surface area contributed by atoms with Crippen LogP contribution < -0.4 is 10.6 Å². The average Bonchev–Trinajstić information content (AvgIpc) is 2.65. The van der Waals surface area contributed by atoms with E-state index in [-0.39, 0.29) is 41.6 Å². The van der Waals surface area contributed by atoms with E-state index in [1.165, 1.54) is 0 Å². The van der Waals surface area contributed by atoms with Crippen LogP contribution in [0.1, 0.15) is 19.4 Å². The highest BCUT2D eigenvalue weighted by Gasteiger charge is 2.19. The summed E-state index contributed by atoms with van der Waals surface area (Å²) in [6.45, 7) is 9.21. The molecule has 0 radical (unpaired) electrons. The Morgan fingerprint density at radius 1 is 1.21 bits per heavy atom. The molecular formula is C19H30BrFIN5O. The molecule has 9 heteroatoms. The number of hydrogen-bond acceptors (Lipinski definition) is 3. The normalized spacial score (nSPS) is 15.4. The molecule has 0 atom stereocenters. The molecule has 1 aliphatic rings. The van der Waals surface area contributed by atoms with Gasteiger partial charge in [0.1, 0.15) is 5.82 Å². The molecule has 0 bridgehead atoms. The van der Waals surface area contributed by atoms with E-state index in [0.29, 0.717) is 17.6 Å². The Kier molecular flexibility index (Phi) is 11.3. The van der Waals surface area contributed by atoms with Crippen LogP contribution in [0.5, 0.6) is 0 Å². The van der Waals surface area contributed by atoms with Crippen molar-refractivity contribution in [3.05, 3.63) is 34.1 Å². The van der Waals surface area contributed by atoms with Crippen molar-refractivity contribution in [3.63, 3.8) is 0 Å². The van der Waals surface area contributed by atoms with E-state index in [1.54, 1.807) is 19.2 Å². The predicted molar refractivity (Wildman–Crippen MR) is 126 cm³/mol. The van der Waals surface area contributed by atoms with E-state index in [4.69, 9.17) is 0 Å². The number of aliphatic imine (C=N–C) groups is 1. The van der Waals surface area contributed by atoms with Gasteiger partial charge in [-0.05, 0) is 33.6 Å². The van der Waals surface area contributed by atoms with Gasteiger partial charge in [0.15, 0.2) is 5.96 Å². The van der Waals surface area contributed by atoms with Gasteiger partial charge in [-0.1, -0.05) is 19.9 Å². The number of guanidine groups is 1. The summed E-state index contributed by atoms with van der Waals surface area (Å²) in [5, 5.41) is 6.19. The van der Waals surface area contributed by atoms with Crippen molar-refractivity contribution in [2.45, 2.75) is 20.4 Å². The number of benzene rings is 1. The first-order chi connectivity index (χ1) is 12.9. The number of piperazine rings is 1. The van der Waals surface area contributed by atoms with Gasteiger partial charge < -0.3 is 15.5 Å². The van der Waals surface area contributed by atoms with Crippen molar-refractivity contribution in [3.8, 4) is 0 Å². The predicted octanol–water partition coefficient (Wildman–Crippen LogP) is 2.67. The summed E-state index contributed by atoms with van der Waals surface area (Å²) in [5.74, 6) is 0.685. The zero-order valence-electron chi connectivity index (χ0n) is 16.7. The number of amides is 1. The second-order valence-corrected chi connectivity index (χ2v) is 7.79. The molecule has 1 aromatic rings. The molecule has 2 rings (SSSR count). The molecule has 0 saturated carbocycles. The lowest BCUT2D eigenvalue weighted by Crippen LogP contribution is -2.53. The number of nitrogens with one attached hydrogen (secondary N) is 2. The fourth-order valence-electron chi connectivity index (χ4n) is 2.91. The highest BCUT2D eigenvalue weighted by atomic mass is 127. The topological polar surface area (TPSA) is 60.0 Å². The zero-order valence-corrected chi connectivity index (χ0v) is 20.6. The van der Waals surface area contributed by atoms with Crippen molar-refractivity contribution in [2.75, 3.05) is 46.3 Å². The molecule has 1 heterocycles. The van der Waals surface area contributed by atoms with Gasteiger partial charge in [-0.25, -0.2) is 4.39 Å². The Labute approximate surface area is 192 Å². The van der Waals surface area contributed by atoms with Crippen molar-refractivity contribution in [2.24, 2.45) is 10.9 Å². The summed E-state index contributed by atoms with van der Waals surface area (Å²) < 4.78 is 14.2. The molecule has 2 N–H and O–H groups in total. The quantitative estimate of drug-likeness (QED) is 0.239. The molecule has 158 valence electrons. The van der Waals surface area contributed by atoms with Crippen molar-refractivity contribution < 1.29 is 9.18 Å². The van der Waals surface area contributed by atoms with Crippen LogP contribution in [0.4, 0.5) is 4.39 Å². The summed E-state index contributed by atoms with van der Waals surface area (Å²) in [7, 11) is 1.77. The molecule has 1 saturated heterocycles. The van der Waals surface area contributed by atoms with E-state index in [2.05, 4.69) is 41.4 Å². The highest BCUT2D eigenvalue weighted by Crippen LogP contribution is 2.18. The van der Waals surface area contributed by atoms with E-state index in [9.17, 15) is 9.18 Å². The second kappa shape index (κ2) is 12.6. The van der Waals surface area contributed by atoms with Crippen LogP contribution >= 0.6 is 39.9 Å². The van der Waals surface area contributed by atoms with Gasteiger partial charge in [-0.3, -0.25) is 14.7 Å². The fourth-order valence-corrected chi connectivity index (χ4v) is 3.16. The first-order valence-electron chi connectivity index (χ1n) is 9.30. The minimum atomic E-state index is -0.222. The van der Waals surface area contributed by atoms with Crippen molar-refractivity contribution >= 4 is 51.8 Å². The van der Waals surface area contributed by atoms with Gasteiger partial charge in [0.2, 0.25) is 5.91 Å². The third-order valence-corrected chi connectivity index (χ3v) is 5.15. The Bertz CT molecular complexity index is 666. The van der Waals surface area contributed by atoms with E-state index in [1.807, 2.05) is 19.9 Å². The van der Waals surface area contributed by atoms with Crippen LogP contribution in [0.3, 0.4) is 0 Å². The van der Waals surface area contributed by atoms with Gasteiger partial charge in [-0.15, -0.1) is 24.0 Å². The van der Waals surface area contributed by atoms with Crippen LogP contribution in [0.15, 0.2) is 27.7 Å². The number of halogens is 3. The lowest BCUT2D eigenvalue weighted by atomic mass is 10.2. The van der Waals surface area contributed by atoms with Crippen LogP contribution in [-0.4, -0.2) is 68.0 Å². The average molecular weight is 570 g/mol. The number of carbonyl (C=O) groups is 1. The minimum absolute atomic E-state index is 0. The zero-order chi connectivity index (χ0) is 19.8. The fraction of sp³-hybridized carbons (Fsp3) is 0.579. The smallest absolute Gasteiger partial charge is 0.222 e. The Morgan fingerprint density at radius 2 is 1.86 bits per heavy atom. The summed E-state index contributed by atoms with van der Waals surface area (Å²) >= 11 is 3.19. The number of rotatable bonds is 6. The monoisotopic (exact) mass is 569 g/mol. The first kappa shape index (κ1) is 25.1. The summed E-state index contributed by atoms with van der Waals surface area (Å²) in [5.41, 5.74) is 0.979. The van der Waals surface area contributed by atoms with Gasteiger partial charge in [-0.2, -0.15) is 0 Å². The van der Waals surface area contributed by atoms with Crippen molar-refractivity contribution in [1.29, 1.82) is 0 Å². The standard InChI is InChI=1S/C19H29BrFN5O.HI/c1-14(2)18(27)23-6-7-24-19(22-3)26-10-8-25(9-11-26)13-15-4-5-16(20)17(21)12-15;/h4-5,12,14H,6-11,13H2,1-3H3,(H,22,24)(H,23,27);1H. The van der Waals surface area contributed by atoms with Gasteiger partial charge in [0, 0.05) is 58.8 Å². The van der Waals surface area contributed by atoms with Gasteiger partial charge >= 0.3 is 0 Å². The molecule has 1 aliphatic heterocycles. The molecular weight excluding hydrogens is 540 g/mol. The number of nitrogens with zero attached hydrogens (tertiary/aromatic N) is 3. The highest BCUT2D eigenvalue weighted by molar-refractivity contribution is 14.0. The molecule has 1 fully saturated rings. The lowest BCUT2D eigenvalue weighted by molar-refractivity contribution is -0.123. The maximum Gasteiger partial charge on any atom is 0.222 e. The molecule has 1 aromatic carbocycles. The lowest BCUT2D eigenvalue weighted by Gasteiger charge is -2.36. The van der Waals surface area contributed by atoms with E-state index in [0.717, 1.165) is 44.2 Å². The molecule has 0 unspecified atom stereocenters. The number of hydrogen-bond donors (Lipinski definition) is 2. The molecule has 0 aliphatic carbocycles. The van der Waals surface area contributed by atoms with Crippen LogP contribution in [0.25, 0.3) is 0 Å². The summed E-state index contributed by atoms with van der Waals surface area (Å²) in [4.78, 5) is 20.4. The van der Waals surface area contributed by atoms with Crippen LogP contribution in [0, 0.1) is 11.7 Å². The molecule has 28 heavy (non-hydrogen) atoms. The van der Waals surface area contributed by atoms with Gasteiger partial charge in [0.25, 0.3) is 0 Å². The molecule has 1 amide bonds. The minimum Gasteiger partial charge on any atom is -0.354 e. The van der Waals surface area contributed by atoms with E-state index >= 15 is 0 Å². The third kappa shape index (κ3) is 7.82. The maximum atomic E-state index is 13.7. The Hall–Kier alpha value is -0.940. The number of carbonyl (C=O) groups excluding carboxylic acids is 1. The molecule has 0 aromatic heterocycles. The Morgan fingerprint density at radius 3 is 2.43 bits per heavy atom. The second-order valence-electron chi connectivity index (χ2n) is 6.93. The van der Waals surface area contributed by atoms with Crippen LogP contribution in [-0.2, 0) is 11.3 Å². The maximum absolute atomic E-state index is 13.7. The molecule has 6 nitrogen and oxygen atoms in total. The largest absolute Gasteiger partial charge is 0.354 e. The van der Waals surface area contributed by atoms with E-state index < -0.39 is 0 Å². The third-order valence-electron chi connectivity index (χ3n) is 4.51. The van der Waals surface area contributed by atoms with Gasteiger partial charge in [0.05, 0.1) is 4.47 Å². The first-order valence-corrected chi connectivity index (χ1v) is 10.1.